The van der Waals surface area contributed by atoms with Gasteiger partial charge in [-0.05, 0) is 48.1 Å². The third kappa shape index (κ3) is 6.42. The van der Waals surface area contributed by atoms with E-state index in [4.69, 9.17) is 4.74 Å². The van der Waals surface area contributed by atoms with Gasteiger partial charge in [0.15, 0.2) is 0 Å². The summed E-state index contributed by atoms with van der Waals surface area (Å²) in [5.41, 5.74) is 3.17. The monoisotopic (exact) mass is 463 g/mol. The van der Waals surface area contributed by atoms with Crippen LogP contribution < -0.4 is 0 Å². The van der Waals surface area contributed by atoms with E-state index in [1.54, 1.807) is 31.2 Å². The van der Waals surface area contributed by atoms with Gasteiger partial charge >= 0.3 is 5.97 Å². The van der Waals surface area contributed by atoms with Crippen molar-refractivity contribution >= 4 is 41.1 Å². The summed E-state index contributed by atoms with van der Waals surface area (Å²) >= 11 is 1.63. The molecule has 1 aromatic heterocycles. The van der Waals surface area contributed by atoms with Crippen molar-refractivity contribution in [2.45, 2.75) is 18.9 Å². The summed E-state index contributed by atoms with van der Waals surface area (Å²) in [4.78, 5) is 36.1. The molecule has 0 aliphatic heterocycles. The van der Waals surface area contributed by atoms with Crippen LogP contribution in [0.5, 0.6) is 0 Å². The van der Waals surface area contributed by atoms with Crippen molar-refractivity contribution < 1.29 is 14.3 Å². The number of amides is 1. The van der Waals surface area contributed by atoms with Crippen LogP contribution in [0.3, 0.4) is 0 Å². The molecule has 1 heterocycles. The molecule has 0 bridgehead atoms. The van der Waals surface area contributed by atoms with Crippen LogP contribution in [0.1, 0.15) is 18.4 Å². The van der Waals surface area contributed by atoms with Gasteiger partial charge in [-0.25, -0.2) is 4.79 Å². The second kappa shape index (κ2) is 12.2. The molecule has 1 aromatic carbocycles. The summed E-state index contributed by atoms with van der Waals surface area (Å²) in [6.45, 7) is 0. The van der Waals surface area contributed by atoms with Gasteiger partial charge in [0, 0.05) is 31.0 Å². The van der Waals surface area contributed by atoms with E-state index in [1.807, 2.05) is 61.0 Å². The van der Waals surface area contributed by atoms with Crippen molar-refractivity contribution in [1.82, 2.24) is 9.88 Å². The molecule has 33 heavy (non-hydrogen) atoms. The highest BCUT2D eigenvalue weighted by molar-refractivity contribution is 7.98. The predicted molar refractivity (Wildman–Crippen MR) is 135 cm³/mol. The van der Waals surface area contributed by atoms with Crippen LogP contribution in [-0.4, -0.2) is 60.2 Å². The van der Waals surface area contributed by atoms with Gasteiger partial charge < -0.3 is 9.64 Å². The average molecular weight is 464 g/mol. The molecule has 0 N–H and O–H groups in total. The second-order valence-corrected chi connectivity index (χ2v) is 8.68. The van der Waals surface area contributed by atoms with Crippen molar-refractivity contribution in [2.24, 2.45) is 10.9 Å². The molecular weight excluding hydrogens is 434 g/mol. The lowest BCUT2D eigenvalue weighted by Gasteiger charge is -2.29. The molecule has 7 heteroatoms. The molecular formula is C26H29N3O3S. The van der Waals surface area contributed by atoms with Crippen LogP contribution in [-0.2, 0) is 14.3 Å². The first-order valence-corrected chi connectivity index (χ1v) is 12.2. The minimum absolute atomic E-state index is 0.0372. The number of ether oxygens (including phenoxy) is 1. The Bertz CT molecular complexity index is 1040. The van der Waals surface area contributed by atoms with Gasteiger partial charge in [-0.2, -0.15) is 11.8 Å². The number of carbonyl (C=O) groups excluding carboxylic acids is 2. The Morgan fingerprint density at radius 2 is 2.06 bits per heavy atom. The fraction of sp³-hybridized carbons (Fsp3) is 0.308. The topological polar surface area (TPSA) is 71.9 Å². The molecule has 172 valence electrons. The highest BCUT2D eigenvalue weighted by atomic mass is 32.2. The fourth-order valence-electron chi connectivity index (χ4n) is 3.69. The number of hydrogen-bond donors (Lipinski definition) is 0. The van der Waals surface area contributed by atoms with E-state index in [2.05, 4.69) is 16.1 Å². The number of esters is 1. The number of carbonyl (C=O) groups is 2. The van der Waals surface area contributed by atoms with E-state index in [0.717, 1.165) is 22.6 Å². The first kappa shape index (κ1) is 24.5. The summed E-state index contributed by atoms with van der Waals surface area (Å²) in [7, 11) is 3.03. The SMILES string of the molecule is COC(=O)[C@H](CCSC)N(C)C(=O)C1=CCC(C=Nc2cccnc2)C=C1c1ccccc1. The van der Waals surface area contributed by atoms with Gasteiger partial charge in [0.05, 0.1) is 19.0 Å². The summed E-state index contributed by atoms with van der Waals surface area (Å²) in [5.74, 6) is 0.201. The van der Waals surface area contributed by atoms with E-state index in [-0.39, 0.29) is 11.8 Å². The van der Waals surface area contributed by atoms with E-state index < -0.39 is 12.0 Å². The molecule has 2 aromatic rings. The lowest BCUT2D eigenvalue weighted by molar-refractivity contribution is -0.150. The maximum absolute atomic E-state index is 13.6. The predicted octanol–water partition coefficient (Wildman–Crippen LogP) is 4.57. The third-order valence-electron chi connectivity index (χ3n) is 5.50. The zero-order valence-electron chi connectivity index (χ0n) is 19.2. The maximum Gasteiger partial charge on any atom is 0.328 e. The number of hydrogen-bond acceptors (Lipinski definition) is 6. The lowest BCUT2D eigenvalue weighted by Crippen LogP contribution is -2.44. The molecule has 0 saturated heterocycles. The van der Waals surface area contributed by atoms with Crippen LogP contribution >= 0.6 is 11.8 Å². The van der Waals surface area contributed by atoms with Crippen molar-refractivity contribution in [3.05, 3.63) is 78.1 Å². The number of nitrogens with zero attached hydrogens (tertiary/aromatic N) is 3. The summed E-state index contributed by atoms with van der Waals surface area (Å²) in [6, 6.07) is 12.9. The normalized spacial score (nSPS) is 16.6. The smallest absolute Gasteiger partial charge is 0.328 e. The number of rotatable bonds is 9. The van der Waals surface area contributed by atoms with Crippen LogP contribution in [0.2, 0.25) is 0 Å². The van der Waals surface area contributed by atoms with Crippen LogP contribution in [0.25, 0.3) is 5.57 Å². The molecule has 0 fully saturated rings. The van der Waals surface area contributed by atoms with E-state index >= 15 is 0 Å². The van der Waals surface area contributed by atoms with Crippen molar-refractivity contribution in [3.63, 3.8) is 0 Å². The number of pyridine rings is 1. The Kier molecular flexibility index (Phi) is 9.01. The first-order valence-electron chi connectivity index (χ1n) is 10.8. The minimum Gasteiger partial charge on any atom is -0.467 e. The molecule has 1 amide bonds. The zero-order chi connectivity index (χ0) is 23.6. The molecule has 0 saturated carbocycles. The van der Waals surface area contributed by atoms with Gasteiger partial charge in [0.25, 0.3) is 5.91 Å². The Labute approximate surface area is 199 Å². The number of likely N-dealkylation sites (N-methyl/N-ethyl adjacent to an activating group) is 1. The number of methoxy groups -OCH3 is 1. The molecule has 0 spiro atoms. The molecule has 6 nitrogen and oxygen atoms in total. The molecule has 0 radical (unpaired) electrons. The summed E-state index contributed by atoms with van der Waals surface area (Å²) < 4.78 is 4.97. The largest absolute Gasteiger partial charge is 0.467 e. The van der Waals surface area contributed by atoms with Crippen LogP contribution in [0.4, 0.5) is 5.69 Å². The van der Waals surface area contributed by atoms with E-state index in [1.165, 1.54) is 12.0 Å². The second-order valence-electron chi connectivity index (χ2n) is 7.69. The quantitative estimate of drug-likeness (QED) is 0.402. The molecule has 3 rings (SSSR count). The third-order valence-corrected chi connectivity index (χ3v) is 6.14. The summed E-state index contributed by atoms with van der Waals surface area (Å²) in [6.07, 6.45) is 12.5. The van der Waals surface area contributed by atoms with Crippen molar-refractivity contribution in [3.8, 4) is 0 Å². The first-order chi connectivity index (χ1) is 16.0. The zero-order valence-corrected chi connectivity index (χ0v) is 20.0. The summed E-state index contributed by atoms with van der Waals surface area (Å²) in [5, 5.41) is 0. The Morgan fingerprint density at radius 3 is 2.73 bits per heavy atom. The molecule has 1 unspecified atom stereocenters. The van der Waals surface area contributed by atoms with Crippen LogP contribution in [0, 0.1) is 5.92 Å². The van der Waals surface area contributed by atoms with Gasteiger partial charge in [-0.15, -0.1) is 0 Å². The molecule has 1 aliphatic carbocycles. The lowest BCUT2D eigenvalue weighted by atomic mass is 9.86. The standard InChI is InChI=1S/C26H29N3O3S/c1-29(24(13-15-33-3)26(31)32-2)25(30)22-12-11-19(17-28-21-10-7-14-27-18-21)16-23(22)20-8-5-4-6-9-20/h4-10,12,14,16-19,24H,11,13,15H2,1-3H3/t19?,24-/m0/s1. The van der Waals surface area contributed by atoms with Crippen molar-refractivity contribution in [1.29, 1.82) is 0 Å². The number of benzene rings is 1. The number of allylic oxidation sites excluding steroid dienone is 2. The van der Waals surface area contributed by atoms with E-state index in [9.17, 15) is 9.59 Å². The van der Waals surface area contributed by atoms with Crippen LogP contribution in [0.15, 0.2) is 77.6 Å². The average Bonchev–Trinajstić information content (AvgIpc) is 2.87. The fourth-order valence-corrected chi connectivity index (χ4v) is 4.15. The highest BCUT2D eigenvalue weighted by Gasteiger charge is 2.31. The number of aliphatic imine (C=N–C) groups is 1. The number of aromatic nitrogens is 1. The van der Waals surface area contributed by atoms with E-state index in [0.29, 0.717) is 18.4 Å². The Morgan fingerprint density at radius 1 is 1.27 bits per heavy atom. The van der Waals surface area contributed by atoms with Gasteiger partial charge in [-0.3, -0.25) is 14.8 Å². The Hall–Kier alpha value is -3.19. The molecule has 2 atom stereocenters. The van der Waals surface area contributed by atoms with Gasteiger partial charge in [-0.1, -0.05) is 42.5 Å². The van der Waals surface area contributed by atoms with Gasteiger partial charge in [0.1, 0.15) is 6.04 Å². The van der Waals surface area contributed by atoms with Gasteiger partial charge in [0.2, 0.25) is 0 Å². The Balaban J connectivity index is 1.89. The highest BCUT2D eigenvalue weighted by Crippen LogP contribution is 2.32. The minimum atomic E-state index is -0.627. The van der Waals surface area contributed by atoms with Crippen molar-refractivity contribution in [2.75, 3.05) is 26.2 Å². The number of thioether (sulfide) groups is 1. The maximum atomic E-state index is 13.6. The molecule has 1 aliphatic rings.